The maximum absolute atomic E-state index is 12.3. The van der Waals surface area contributed by atoms with Crippen molar-refractivity contribution in [2.24, 2.45) is 11.8 Å². The molecular formula is C14H18N2O3. The van der Waals surface area contributed by atoms with Crippen LogP contribution >= 0.6 is 0 Å². The van der Waals surface area contributed by atoms with E-state index in [9.17, 15) is 9.59 Å². The van der Waals surface area contributed by atoms with Crippen LogP contribution in [-0.2, 0) is 11.3 Å². The van der Waals surface area contributed by atoms with Gasteiger partial charge in [0.05, 0.1) is 0 Å². The van der Waals surface area contributed by atoms with Gasteiger partial charge in [-0.15, -0.1) is 0 Å². The molecule has 1 aromatic heterocycles. The number of aliphatic carboxylic acids is 1. The second-order valence-corrected chi connectivity index (χ2v) is 5.59. The molecule has 5 heteroatoms. The summed E-state index contributed by atoms with van der Waals surface area (Å²) in [5.41, 5.74) is 0.439. The highest BCUT2D eigenvalue weighted by atomic mass is 16.4. The lowest BCUT2D eigenvalue weighted by atomic mass is 10.1. The van der Waals surface area contributed by atoms with E-state index in [1.54, 1.807) is 18.3 Å². The first-order valence-electron chi connectivity index (χ1n) is 6.83. The molecule has 0 aliphatic heterocycles. The van der Waals surface area contributed by atoms with E-state index in [1.165, 1.54) is 30.3 Å². The monoisotopic (exact) mass is 262 g/mol. The van der Waals surface area contributed by atoms with E-state index in [1.807, 2.05) is 0 Å². The first-order valence-corrected chi connectivity index (χ1v) is 6.83. The molecular weight excluding hydrogens is 244 g/mol. The Morgan fingerprint density at radius 3 is 2.47 bits per heavy atom. The lowest BCUT2D eigenvalue weighted by Crippen LogP contribution is -2.39. The zero-order valence-corrected chi connectivity index (χ0v) is 10.7. The zero-order valence-electron chi connectivity index (χ0n) is 10.7. The normalized spacial score (nSPS) is 18.6. The molecule has 1 aromatic rings. The minimum absolute atomic E-state index is 0.143. The highest BCUT2D eigenvalue weighted by molar-refractivity contribution is 5.93. The summed E-state index contributed by atoms with van der Waals surface area (Å²) in [5.74, 6) is 0.194. The summed E-state index contributed by atoms with van der Waals surface area (Å²) in [4.78, 5) is 23.0. The molecule has 1 amide bonds. The Hall–Kier alpha value is -1.78. The summed E-state index contributed by atoms with van der Waals surface area (Å²) in [5, 5.41) is 11.9. The fraction of sp³-hybridized carbons (Fsp3) is 0.571. The van der Waals surface area contributed by atoms with Crippen molar-refractivity contribution in [3.8, 4) is 0 Å². The van der Waals surface area contributed by atoms with Crippen molar-refractivity contribution in [1.29, 1.82) is 0 Å². The predicted molar refractivity (Wildman–Crippen MR) is 68.8 cm³/mol. The number of hydrogen-bond donors (Lipinski definition) is 2. The molecule has 3 rings (SSSR count). The van der Waals surface area contributed by atoms with Crippen molar-refractivity contribution in [1.82, 2.24) is 9.88 Å². The molecule has 2 aliphatic rings. The summed E-state index contributed by atoms with van der Waals surface area (Å²) in [6.07, 6.45) is 6.45. The van der Waals surface area contributed by atoms with Gasteiger partial charge in [0.1, 0.15) is 12.2 Å². The number of carboxylic acid groups (broad SMARTS) is 1. The number of amides is 1. The molecule has 0 radical (unpaired) electrons. The Bertz CT molecular complexity index is 489. The van der Waals surface area contributed by atoms with Crippen LogP contribution in [0.5, 0.6) is 0 Å². The maximum atomic E-state index is 12.3. The zero-order chi connectivity index (χ0) is 13.4. The summed E-state index contributed by atoms with van der Waals surface area (Å²) in [6.45, 7) is -0.173. The number of carboxylic acids is 1. The smallest absolute Gasteiger partial charge is 0.323 e. The van der Waals surface area contributed by atoms with Crippen LogP contribution in [0.3, 0.4) is 0 Å². The number of hydrogen-bond acceptors (Lipinski definition) is 2. The van der Waals surface area contributed by atoms with E-state index in [0.717, 1.165) is 0 Å². The van der Waals surface area contributed by atoms with Gasteiger partial charge in [0.2, 0.25) is 0 Å². The molecule has 1 heterocycles. The molecule has 0 spiro atoms. The number of nitrogens with one attached hydrogen (secondary N) is 1. The van der Waals surface area contributed by atoms with Crippen LogP contribution < -0.4 is 5.32 Å². The largest absolute Gasteiger partial charge is 0.480 e. The first-order chi connectivity index (χ1) is 9.15. The minimum atomic E-state index is -0.939. The number of carbonyl (C=O) groups is 2. The fourth-order valence-electron chi connectivity index (χ4n) is 2.66. The molecule has 5 nitrogen and oxygen atoms in total. The standard InChI is InChI=1S/C14H18N2O3/c17-12(18)8-16-7-1-2-11(16)14(19)15-13(9-3-4-9)10-5-6-10/h1-2,7,9-10,13H,3-6,8H2,(H,15,19)(H,17,18). The van der Waals surface area contributed by atoms with Gasteiger partial charge in [-0.05, 0) is 49.7 Å². The Labute approximate surface area is 111 Å². The Morgan fingerprint density at radius 2 is 1.95 bits per heavy atom. The van der Waals surface area contributed by atoms with Gasteiger partial charge in [-0.3, -0.25) is 9.59 Å². The van der Waals surface area contributed by atoms with E-state index < -0.39 is 5.97 Å². The third-order valence-corrected chi connectivity index (χ3v) is 3.93. The van der Waals surface area contributed by atoms with Gasteiger partial charge in [0.15, 0.2) is 0 Å². The van der Waals surface area contributed by atoms with Crippen LogP contribution in [0.1, 0.15) is 36.2 Å². The Balaban J connectivity index is 1.69. The van der Waals surface area contributed by atoms with Crippen molar-refractivity contribution in [3.63, 3.8) is 0 Å². The molecule has 0 unspecified atom stereocenters. The lowest BCUT2D eigenvalue weighted by molar-refractivity contribution is -0.137. The highest BCUT2D eigenvalue weighted by Crippen LogP contribution is 2.44. The predicted octanol–water partition coefficient (Wildman–Crippen LogP) is 1.49. The van der Waals surface area contributed by atoms with Gasteiger partial charge < -0.3 is 15.0 Å². The van der Waals surface area contributed by atoms with Gasteiger partial charge in [-0.1, -0.05) is 0 Å². The topological polar surface area (TPSA) is 71.3 Å². The molecule has 2 aliphatic carbocycles. The van der Waals surface area contributed by atoms with Crippen molar-refractivity contribution < 1.29 is 14.7 Å². The van der Waals surface area contributed by atoms with Crippen LogP contribution in [0, 0.1) is 11.8 Å². The van der Waals surface area contributed by atoms with Crippen LogP contribution in [-0.4, -0.2) is 27.6 Å². The summed E-state index contributed by atoms with van der Waals surface area (Å²) in [6, 6.07) is 3.68. The fourth-order valence-corrected chi connectivity index (χ4v) is 2.66. The van der Waals surface area contributed by atoms with Crippen LogP contribution in [0.15, 0.2) is 18.3 Å². The Morgan fingerprint density at radius 1 is 1.32 bits per heavy atom. The third-order valence-electron chi connectivity index (χ3n) is 3.93. The van der Waals surface area contributed by atoms with E-state index in [2.05, 4.69) is 5.32 Å². The SMILES string of the molecule is O=C(O)Cn1cccc1C(=O)NC(C1CC1)C1CC1. The second kappa shape index (κ2) is 4.72. The van der Waals surface area contributed by atoms with Crippen LogP contribution in [0.2, 0.25) is 0 Å². The Kier molecular flexibility index (Phi) is 3.05. The molecule has 102 valence electrons. The molecule has 19 heavy (non-hydrogen) atoms. The second-order valence-electron chi connectivity index (χ2n) is 5.59. The van der Waals surface area contributed by atoms with E-state index in [-0.39, 0.29) is 12.5 Å². The average molecular weight is 262 g/mol. The average Bonchev–Trinajstić information content (AvgIpc) is 3.25. The summed E-state index contributed by atoms with van der Waals surface area (Å²) < 4.78 is 1.48. The van der Waals surface area contributed by atoms with Gasteiger partial charge >= 0.3 is 5.97 Å². The van der Waals surface area contributed by atoms with E-state index in [0.29, 0.717) is 23.6 Å². The molecule has 2 N–H and O–H groups in total. The number of carbonyl (C=O) groups excluding carboxylic acids is 1. The maximum Gasteiger partial charge on any atom is 0.323 e. The number of aromatic nitrogens is 1. The van der Waals surface area contributed by atoms with Crippen LogP contribution in [0.4, 0.5) is 0 Å². The van der Waals surface area contributed by atoms with E-state index >= 15 is 0 Å². The van der Waals surface area contributed by atoms with Crippen LogP contribution in [0.25, 0.3) is 0 Å². The summed E-state index contributed by atoms with van der Waals surface area (Å²) >= 11 is 0. The lowest BCUT2D eigenvalue weighted by Gasteiger charge is -2.18. The van der Waals surface area contributed by atoms with Gasteiger partial charge in [-0.25, -0.2) is 0 Å². The number of rotatable bonds is 6. The highest BCUT2D eigenvalue weighted by Gasteiger charge is 2.42. The minimum Gasteiger partial charge on any atom is -0.480 e. The molecule has 0 atom stereocenters. The molecule has 0 saturated heterocycles. The van der Waals surface area contributed by atoms with Crippen molar-refractivity contribution in [3.05, 3.63) is 24.0 Å². The summed E-state index contributed by atoms with van der Waals surface area (Å²) in [7, 11) is 0. The third kappa shape index (κ3) is 2.80. The quantitative estimate of drug-likeness (QED) is 0.816. The van der Waals surface area contributed by atoms with Crippen molar-refractivity contribution in [2.75, 3.05) is 0 Å². The molecule has 2 fully saturated rings. The van der Waals surface area contributed by atoms with Crippen molar-refractivity contribution in [2.45, 2.75) is 38.3 Å². The van der Waals surface area contributed by atoms with Gasteiger partial charge in [-0.2, -0.15) is 0 Å². The molecule has 0 bridgehead atoms. The molecule has 2 saturated carbocycles. The van der Waals surface area contributed by atoms with Gasteiger partial charge in [0, 0.05) is 12.2 Å². The number of nitrogens with zero attached hydrogens (tertiary/aromatic N) is 1. The first kappa shape index (κ1) is 12.3. The molecule has 0 aromatic carbocycles. The van der Waals surface area contributed by atoms with Crippen molar-refractivity contribution >= 4 is 11.9 Å². The van der Waals surface area contributed by atoms with E-state index in [4.69, 9.17) is 5.11 Å². The van der Waals surface area contributed by atoms with Gasteiger partial charge in [0.25, 0.3) is 5.91 Å².